The van der Waals surface area contributed by atoms with Gasteiger partial charge in [-0.1, -0.05) is 6.92 Å². The van der Waals surface area contributed by atoms with E-state index in [1.807, 2.05) is 4.57 Å². The molecule has 80 valence electrons. The van der Waals surface area contributed by atoms with Crippen LogP contribution in [0.1, 0.15) is 26.1 Å². The highest BCUT2D eigenvalue weighted by Crippen LogP contribution is 2.09. The van der Waals surface area contributed by atoms with Crippen molar-refractivity contribution in [2.45, 2.75) is 38.8 Å². The summed E-state index contributed by atoms with van der Waals surface area (Å²) in [4.78, 5) is 0. The first-order valence-corrected chi connectivity index (χ1v) is 4.88. The summed E-state index contributed by atoms with van der Waals surface area (Å²) in [7, 11) is 0. The third-order valence-corrected chi connectivity index (χ3v) is 2.14. The largest absolute Gasteiger partial charge is 0.388 e. The van der Waals surface area contributed by atoms with Crippen LogP contribution in [-0.2, 0) is 13.0 Å². The summed E-state index contributed by atoms with van der Waals surface area (Å²) in [5, 5.41) is 17.6. The number of aromatic nitrogens is 3. The van der Waals surface area contributed by atoms with Crippen molar-refractivity contribution in [1.82, 2.24) is 14.8 Å². The van der Waals surface area contributed by atoms with Crippen molar-refractivity contribution >= 4 is 0 Å². The van der Waals surface area contributed by atoms with Crippen molar-refractivity contribution in [1.29, 1.82) is 0 Å². The van der Waals surface area contributed by atoms with E-state index in [2.05, 4.69) is 17.1 Å². The SMILES string of the molecule is CCCn1cnnc1CC(C)(O)CN. The molecule has 0 aromatic carbocycles. The second kappa shape index (κ2) is 4.52. The summed E-state index contributed by atoms with van der Waals surface area (Å²) in [6.07, 6.45) is 3.16. The van der Waals surface area contributed by atoms with Crippen molar-refractivity contribution in [2.75, 3.05) is 6.54 Å². The van der Waals surface area contributed by atoms with Gasteiger partial charge in [0.05, 0.1) is 5.60 Å². The fraction of sp³-hybridized carbons (Fsp3) is 0.778. The van der Waals surface area contributed by atoms with Crippen molar-refractivity contribution < 1.29 is 5.11 Å². The summed E-state index contributed by atoms with van der Waals surface area (Å²) < 4.78 is 1.95. The van der Waals surface area contributed by atoms with E-state index >= 15 is 0 Å². The zero-order valence-electron chi connectivity index (χ0n) is 8.77. The fourth-order valence-corrected chi connectivity index (χ4v) is 1.26. The van der Waals surface area contributed by atoms with Crippen LogP contribution in [0.5, 0.6) is 0 Å². The molecule has 0 amide bonds. The Hall–Kier alpha value is -0.940. The van der Waals surface area contributed by atoms with E-state index in [1.165, 1.54) is 0 Å². The van der Waals surface area contributed by atoms with E-state index in [-0.39, 0.29) is 6.54 Å². The van der Waals surface area contributed by atoms with E-state index in [1.54, 1.807) is 13.3 Å². The molecule has 1 aromatic heterocycles. The topological polar surface area (TPSA) is 77.0 Å². The van der Waals surface area contributed by atoms with Gasteiger partial charge in [0.1, 0.15) is 12.2 Å². The van der Waals surface area contributed by atoms with Gasteiger partial charge in [-0.3, -0.25) is 0 Å². The smallest absolute Gasteiger partial charge is 0.135 e. The minimum absolute atomic E-state index is 0.228. The summed E-state index contributed by atoms with van der Waals surface area (Å²) >= 11 is 0. The number of aryl methyl sites for hydroxylation is 1. The molecule has 5 nitrogen and oxygen atoms in total. The molecule has 0 bridgehead atoms. The van der Waals surface area contributed by atoms with Crippen LogP contribution in [-0.4, -0.2) is 32.0 Å². The van der Waals surface area contributed by atoms with Crippen molar-refractivity contribution in [3.8, 4) is 0 Å². The third-order valence-electron chi connectivity index (χ3n) is 2.14. The molecule has 3 N–H and O–H groups in total. The summed E-state index contributed by atoms with van der Waals surface area (Å²) in [6.45, 7) is 4.90. The molecule has 0 aliphatic carbocycles. The minimum atomic E-state index is -0.890. The fourth-order valence-electron chi connectivity index (χ4n) is 1.26. The highest BCUT2D eigenvalue weighted by molar-refractivity contribution is 4.93. The van der Waals surface area contributed by atoms with E-state index in [9.17, 15) is 5.11 Å². The molecule has 1 atom stereocenters. The molecule has 1 rings (SSSR count). The second-order valence-corrected chi connectivity index (χ2v) is 3.82. The summed E-state index contributed by atoms with van der Waals surface area (Å²) in [6, 6.07) is 0. The number of hydrogen-bond acceptors (Lipinski definition) is 4. The van der Waals surface area contributed by atoms with Crippen LogP contribution >= 0.6 is 0 Å². The van der Waals surface area contributed by atoms with Crippen LogP contribution in [0.2, 0.25) is 0 Å². The Morgan fingerprint density at radius 3 is 2.93 bits per heavy atom. The van der Waals surface area contributed by atoms with Gasteiger partial charge in [-0.2, -0.15) is 0 Å². The zero-order valence-corrected chi connectivity index (χ0v) is 8.77. The minimum Gasteiger partial charge on any atom is -0.388 e. The molecule has 0 saturated carbocycles. The Kier molecular flexibility index (Phi) is 3.60. The molecule has 1 heterocycles. The molecule has 1 unspecified atom stereocenters. The standard InChI is InChI=1S/C9H18N4O/c1-3-4-13-7-11-12-8(13)5-9(2,14)6-10/h7,14H,3-6,10H2,1-2H3. The van der Waals surface area contributed by atoms with Crippen molar-refractivity contribution in [3.05, 3.63) is 12.2 Å². The lowest BCUT2D eigenvalue weighted by molar-refractivity contribution is 0.0665. The maximum absolute atomic E-state index is 9.78. The molecule has 5 heteroatoms. The van der Waals surface area contributed by atoms with Gasteiger partial charge in [0.25, 0.3) is 0 Å². The average Bonchev–Trinajstić information content (AvgIpc) is 2.53. The van der Waals surface area contributed by atoms with Crippen molar-refractivity contribution in [2.24, 2.45) is 5.73 Å². The molecule has 14 heavy (non-hydrogen) atoms. The van der Waals surface area contributed by atoms with Gasteiger partial charge in [-0.15, -0.1) is 10.2 Å². The Bertz CT molecular complexity index is 282. The van der Waals surface area contributed by atoms with Gasteiger partial charge >= 0.3 is 0 Å². The number of rotatable bonds is 5. The highest BCUT2D eigenvalue weighted by atomic mass is 16.3. The lowest BCUT2D eigenvalue weighted by Gasteiger charge is -2.20. The van der Waals surface area contributed by atoms with Gasteiger partial charge in [-0.05, 0) is 13.3 Å². The molecule has 0 aliphatic rings. The van der Waals surface area contributed by atoms with Gasteiger partial charge in [0.15, 0.2) is 0 Å². The molecular weight excluding hydrogens is 180 g/mol. The Labute approximate surface area is 83.9 Å². The highest BCUT2D eigenvalue weighted by Gasteiger charge is 2.21. The van der Waals surface area contributed by atoms with Gasteiger partial charge in [0.2, 0.25) is 0 Å². The molecule has 0 fully saturated rings. The van der Waals surface area contributed by atoms with Gasteiger partial charge in [-0.25, -0.2) is 0 Å². The van der Waals surface area contributed by atoms with Gasteiger partial charge in [0, 0.05) is 19.5 Å². The summed E-state index contributed by atoms with van der Waals surface area (Å²) in [5.74, 6) is 0.794. The van der Waals surface area contributed by atoms with E-state index in [4.69, 9.17) is 5.73 Å². The number of nitrogens with zero attached hydrogens (tertiary/aromatic N) is 3. The van der Waals surface area contributed by atoms with Crippen LogP contribution in [0.3, 0.4) is 0 Å². The maximum Gasteiger partial charge on any atom is 0.135 e. The molecule has 0 spiro atoms. The van der Waals surface area contributed by atoms with Crippen LogP contribution in [0, 0.1) is 0 Å². The normalized spacial score (nSPS) is 15.4. The first-order chi connectivity index (χ1) is 6.59. The van der Waals surface area contributed by atoms with Crippen LogP contribution in [0.25, 0.3) is 0 Å². The number of nitrogens with two attached hydrogens (primary N) is 1. The molecule has 0 saturated heterocycles. The van der Waals surface area contributed by atoms with Crippen molar-refractivity contribution in [3.63, 3.8) is 0 Å². The van der Waals surface area contributed by atoms with E-state index < -0.39 is 5.60 Å². The number of hydrogen-bond donors (Lipinski definition) is 2. The zero-order chi connectivity index (χ0) is 10.6. The van der Waals surface area contributed by atoms with Gasteiger partial charge < -0.3 is 15.4 Å². The average molecular weight is 198 g/mol. The second-order valence-electron chi connectivity index (χ2n) is 3.82. The Morgan fingerprint density at radius 1 is 1.64 bits per heavy atom. The molecule has 0 radical (unpaired) electrons. The monoisotopic (exact) mass is 198 g/mol. The first-order valence-electron chi connectivity index (χ1n) is 4.88. The van der Waals surface area contributed by atoms with E-state index in [0.29, 0.717) is 6.42 Å². The quantitative estimate of drug-likeness (QED) is 0.695. The summed E-state index contributed by atoms with van der Waals surface area (Å²) in [5.41, 5.74) is 4.55. The predicted octanol–water partition coefficient (Wildman–Crippen LogP) is -0.0597. The Balaban J connectivity index is 2.70. The van der Waals surface area contributed by atoms with Crippen LogP contribution in [0.4, 0.5) is 0 Å². The lowest BCUT2D eigenvalue weighted by Crippen LogP contribution is -2.37. The predicted molar refractivity (Wildman–Crippen MR) is 53.7 cm³/mol. The van der Waals surface area contributed by atoms with Crippen LogP contribution < -0.4 is 5.73 Å². The Morgan fingerprint density at radius 2 is 2.36 bits per heavy atom. The van der Waals surface area contributed by atoms with E-state index in [0.717, 1.165) is 18.8 Å². The van der Waals surface area contributed by atoms with Crippen LogP contribution in [0.15, 0.2) is 6.33 Å². The number of aliphatic hydroxyl groups is 1. The molecule has 0 aliphatic heterocycles. The molecular formula is C9H18N4O. The first kappa shape index (κ1) is 11.1. The maximum atomic E-state index is 9.78. The lowest BCUT2D eigenvalue weighted by atomic mass is 10.0. The molecule has 1 aromatic rings. The third kappa shape index (κ3) is 2.78.